The van der Waals surface area contributed by atoms with E-state index in [4.69, 9.17) is 29.2 Å². The van der Waals surface area contributed by atoms with Crippen LogP contribution >= 0.6 is 24.4 Å². The van der Waals surface area contributed by atoms with Gasteiger partial charge in [-0.1, -0.05) is 39.0 Å². The van der Waals surface area contributed by atoms with Crippen LogP contribution < -0.4 is 0 Å². The molecule has 0 heterocycles. The van der Waals surface area contributed by atoms with Gasteiger partial charge in [0.15, 0.2) is 10.2 Å². The van der Waals surface area contributed by atoms with Crippen molar-refractivity contribution in [1.29, 1.82) is 0 Å². The molecule has 36 heavy (non-hydrogen) atoms. The smallest absolute Gasteiger partial charge is 0.364 e. The Morgan fingerprint density at radius 3 is 1.42 bits per heavy atom. The second-order valence-corrected chi connectivity index (χ2v) is 11.1. The summed E-state index contributed by atoms with van der Waals surface area (Å²) in [6.07, 6.45) is 2.78. The van der Waals surface area contributed by atoms with E-state index < -0.39 is 43.0 Å². The van der Waals surface area contributed by atoms with Crippen molar-refractivity contribution in [3.8, 4) is 0 Å². The predicted molar refractivity (Wildman–Crippen MR) is 146 cm³/mol. The molecule has 16 heteroatoms. The summed E-state index contributed by atoms with van der Waals surface area (Å²) in [5.74, 6) is -1.37. The quantitative estimate of drug-likeness (QED) is 0.0892. The summed E-state index contributed by atoms with van der Waals surface area (Å²) in [6.45, 7) is 9.21. The van der Waals surface area contributed by atoms with Crippen molar-refractivity contribution in [3.05, 3.63) is 0 Å². The number of carbonyl (C=O) groups is 1. The lowest BCUT2D eigenvalue weighted by atomic mass is 10.1. The first kappa shape index (κ1) is 34.7. The van der Waals surface area contributed by atoms with Gasteiger partial charge in [-0.3, -0.25) is 9.11 Å². The van der Waals surface area contributed by atoms with Crippen LogP contribution in [0.25, 0.3) is 0 Å². The van der Waals surface area contributed by atoms with Gasteiger partial charge in [-0.25, -0.2) is 4.79 Å². The molecule has 12 nitrogen and oxygen atoms in total. The lowest BCUT2D eigenvalue weighted by Crippen LogP contribution is -2.64. The third kappa shape index (κ3) is 10.6. The molecule has 0 aliphatic rings. The van der Waals surface area contributed by atoms with Crippen LogP contribution in [0, 0.1) is 0 Å². The molecule has 0 unspecified atom stereocenters. The van der Waals surface area contributed by atoms with Crippen LogP contribution in [-0.4, -0.2) is 99.5 Å². The molecule has 0 saturated carbocycles. The van der Waals surface area contributed by atoms with E-state index >= 15 is 0 Å². The molecule has 212 valence electrons. The minimum atomic E-state index is -5.34. The van der Waals surface area contributed by atoms with Crippen molar-refractivity contribution in [2.24, 2.45) is 0 Å². The van der Waals surface area contributed by atoms with Gasteiger partial charge in [0, 0.05) is 26.2 Å². The predicted octanol–water partition coefficient (Wildman–Crippen LogP) is 2.68. The summed E-state index contributed by atoms with van der Waals surface area (Å²) in [6, 6.07) is 0. The molecule has 2 N–H and O–H groups in total. The summed E-state index contributed by atoms with van der Waals surface area (Å²) in [5.41, 5.74) is 0. The van der Waals surface area contributed by atoms with Crippen molar-refractivity contribution < 1.29 is 35.5 Å². The monoisotopic (exact) mass is 592 g/mol. The number of esters is 1. The van der Waals surface area contributed by atoms with E-state index in [0.717, 1.165) is 32.1 Å². The highest BCUT2D eigenvalue weighted by Gasteiger charge is 2.48. The molecule has 0 rings (SSSR count). The molecule has 0 amide bonds. The Bertz CT molecular complexity index is 862. The molecule has 0 aliphatic carbocycles. The molecule has 0 aliphatic heterocycles. The summed E-state index contributed by atoms with van der Waals surface area (Å²) in [7, 11) is -10.7. The third-order valence-electron chi connectivity index (χ3n) is 5.34. The Morgan fingerprint density at radius 1 is 0.722 bits per heavy atom. The fourth-order valence-electron chi connectivity index (χ4n) is 3.34. The number of thiocarbonyl (C=S) groups is 2. The summed E-state index contributed by atoms with van der Waals surface area (Å²) in [5, 5.41) is -1.14. The van der Waals surface area contributed by atoms with E-state index in [-0.39, 0.29) is 41.4 Å². The normalized spacial score (nSPS) is 11.8. The molecule has 0 bridgehead atoms. The molecular weight excluding hydrogens is 553 g/mol. The SMILES string of the molecule is CCCCCCCCOC(=O)C(N(C(=S)N(CC)CC)S(=O)(=O)O)N(C(=S)N(CC)CC)S(=O)(=O)O. The topological polar surface area (TPSA) is 148 Å². The fraction of sp³-hybridized carbons (Fsp3) is 0.850. The number of rotatable bonds is 16. The van der Waals surface area contributed by atoms with Crippen LogP contribution in [0.4, 0.5) is 0 Å². The number of ether oxygens (including phenoxy) is 1. The van der Waals surface area contributed by atoms with Crippen molar-refractivity contribution in [3.63, 3.8) is 0 Å². The van der Waals surface area contributed by atoms with Crippen molar-refractivity contribution >= 4 is 61.2 Å². The standard InChI is InChI=1S/C20H40N4O8S4/c1-6-11-12-13-14-15-16-32-18(25)17(23(35(26,27)28)19(33)21(7-2)8-3)24(36(29,30)31)20(34)22(9-4)10-5/h17H,6-16H2,1-5H3,(H,26,27,28)(H,29,30,31). The van der Waals surface area contributed by atoms with Crippen LogP contribution in [0.3, 0.4) is 0 Å². The number of unbranched alkanes of at least 4 members (excludes halogenated alkanes) is 5. The van der Waals surface area contributed by atoms with Crippen molar-refractivity contribution in [2.75, 3.05) is 32.8 Å². The maximum Gasteiger partial charge on any atom is 0.364 e. The average molecular weight is 593 g/mol. The van der Waals surface area contributed by atoms with Gasteiger partial charge in [-0.05, 0) is 58.6 Å². The third-order valence-corrected chi connectivity index (χ3v) is 8.22. The second-order valence-electron chi connectivity index (χ2n) is 7.77. The van der Waals surface area contributed by atoms with Gasteiger partial charge >= 0.3 is 26.6 Å². The van der Waals surface area contributed by atoms with Crippen molar-refractivity contribution in [2.45, 2.75) is 79.3 Å². The fourth-order valence-corrected chi connectivity index (χ4v) is 6.17. The number of hydrogen-bond acceptors (Lipinski definition) is 8. The van der Waals surface area contributed by atoms with Crippen LogP contribution in [0.15, 0.2) is 0 Å². The molecule has 0 saturated heterocycles. The van der Waals surface area contributed by atoms with Gasteiger partial charge in [-0.15, -0.1) is 0 Å². The van der Waals surface area contributed by atoms with Gasteiger partial charge in [0.05, 0.1) is 6.61 Å². The molecule has 0 aromatic carbocycles. The Hall–Kier alpha value is -1.33. The summed E-state index contributed by atoms with van der Waals surface area (Å²) in [4.78, 5) is 15.9. The first-order chi connectivity index (χ1) is 16.7. The maximum absolute atomic E-state index is 13.2. The van der Waals surface area contributed by atoms with E-state index in [0.29, 0.717) is 6.42 Å². The number of hydrogen-bond donors (Lipinski definition) is 2. The molecule has 0 aromatic rings. The minimum absolute atomic E-state index is 0.0302. The Morgan fingerprint density at radius 2 is 1.08 bits per heavy atom. The molecule has 0 aromatic heterocycles. The van der Waals surface area contributed by atoms with Gasteiger partial charge in [-0.2, -0.15) is 25.4 Å². The van der Waals surface area contributed by atoms with Crippen LogP contribution in [0.2, 0.25) is 0 Å². The van der Waals surface area contributed by atoms with Gasteiger partial charge in [0.1, 0.15) is 0 Å². The van der Waals surface area contributed by atoms with E-state index in [1.807, 2.05) is 0 Å². The van der Waals surface area contributed by atoms with E-state index in [2.05, 4.69) is 6.92 Å². The van der Waals surface area contributed by atoms with Gasteiger partial charge in [0.25, 0.3) is 0 Å². The largest absolute Gasteiger partial charge is 0.463 e. The van der Waals surface area contributed by atoms with E-state index in [9.17, 15) is 30.7 Å². The van der Waals surface area contributed by atoms with Gasteiger partial charge < -0.3 is 14.5 Å². The number of nitrogens with zero attached hydrogens (tertiary/aromatic N) is 4. The lowest BCUT2D eigenvalue weighted by Gasteiger charge is -2.40. The van der Waals surface area contributed by atoms with Crippen LogP contribution in [0.5, 0.6) is 0 Å². The molecule has 0 atom stereocenters. The highest BCUT2D eigenvalue weighted by atomic mass is 32.2. The van der Waals surface area contributed by atoms with Crippen LogP contribution in [-0.2, 0) is 30.1 Å². The summed E-state index contributed by atoms with van der Waals surface area (Å²) >= 11 is 10.5. The first-order valence-corrected chi connectivity index (χ1v) is 15.6. The zero-order chi connectivity index (χ0) is 28.1. The highest BCUT2D eigenvalue weighted by molar-refractivity contribution is 7.88. The maximum atomic E-state index is 13.2. The van der Waals surface area contributed by atoms with Crippen molar-refractivity contribution in [1.82, 2.24) is 18.4 Å². The highest BCUT2D eigenvalue weighted by Crippen LogP contribution is 2.21. The zero-order valence-electron chi connectivity index (χ0n) is 21.6. The first-order valence-electron chi connectivity index (χ1n) is 12.0. The zero-order valence-corrected chi connectivity index (χ0v) is 24.9. The molecule has 0 spiro atoms. The van der Waals surface area contributed by atoms with E-state index in [1.54, 1.807) is 27.7 Å². The van der Waals surface area contributed by atoms with E-state index in [1.165, 1.54) is 9.80 Å². The Kier molecular flexibility index (Phi) is 15.9. The number of carbonyl (C=O) groups excluding carboxylic acids is 1. The average Bonchev–Trinajstić information content (AvgIpc) is 2.77. The Labute approximate surface area is 226 Å². The molecule has 0 fully saturated rings. The Balaban J connectivity index is 6.54. The molecular formula is C20H40N4O8S4. The molecule has 0 radical (unpaired) electrons. The van der Waals surface area contributed by atoms with Crippen LogP contribution in [0.1, 0.15) is 73.1 Å². The summed E-state index contributed by atoms with van der Waals surface area (Å²) < 4.78 is 75.4. The lowest BCUT2D eigenvalue weighted by molar-refractivity contribution is -0.150. The van der Waals surface area contributed by atoms with Gasteiger partial charge in [0.2, 0.25) is 6.17 Å². The minimum Gasteiger partial charge on any atom is -0.463 e. The second kappa shape index (κ2) is 16.5.